The van der Waals surface area contributed by atoms with Gasteiger partial charge in [0.2, 0.25) is 17.6 Å². The van der Waals surface area contributed by atoms with E-state index in [4.69, 9.17) is 10.5 Å². The van der Waals surface area contributed by atoms with Crippen LogP contribution < -0.4 is 16.0 Å². The van der Waals surface area contributed by atoms with Crippen LogP contribution in [0.3, 0.4) is 0 Å². The van der Waals surface area contributed by atoms with Crippen LogP contribution in [0.5, 0.6) is 0 Å². The van der Waals surface area contributed by atoms with Crippen molar-refractivity contribution in [3.63, 3.8) is 0 Å². The van der Waals surface area contributed by atoms with Crippen molar-refractivity contribution in [3.05, 3.63) is 10.1 Å². The fraction of sp³-hybridized carbons (Fsp3) is 0.733. The van der Waals surface area contributed by atoms with Gasteiger partial charge >= 0.3 is 5.69 Å². The van der Waals surface area contributed by atoms with Crippen molar-refractivity contribution in [2.24, 2.45) is 11.8 Å². The highest BCUT2D eigenvalue weighted by atomic mass is 16.6. The summed E-state index contributed by atoms with van der Waals surface area (Å²) in [4.78, 5) is 21.3. The first-order valence-corrected chi connectivity index (χ1v) is 8.22. The van der Waals surface area contributed by atoms with Crippen molar-refractivity contribution in [2.75, 3.05) is 49.3 Å². The molecule has 0 saturated carbocycles. The molecule has 0 bridgehead atoms. The van der Waals surface area contributed by atoms with Gasteiger partial charge in [-0.1, -0.05) is 13.8 Å². The summed E-state index contributed by atoms with van der Waals surface area (Å²) in [5, 5.41) is 14.5. The molecule has 0 amide bonds. The zero-order valence-electron chi connectivity index (χ0n) is 14.5. The molecule has 2 rings (SSSR count). The Morgan fingerprint density at radius 2 is 2.04 bits per heavy atom. The molecule has 0 spiro atoms. The minimum atomic E-state index is -0.497. The Hall–Kier alpha value is -2.16. The molecule has 0 unspecified atom stereocenters. The molecule has 1 aliphatic heterocycles. The molecule has 0 aromatic carbocycles. The molecule has 134 valence electrons. The summed E-state index contributed by atoms with van der Waals surface area (Å²) in [6.45, 7) is 6.96. The van der Waals surface area contributed by atoms with Gasteiger partial charge in [-0.2, -0.15) is 9.97 Å². The van der Waals surface area contributed by atoms with Gasteiger partial charge in [0.1, 0.15) is 0 Å². The first kappa shape index (κ1) is 18.2. The van der Waals surface area contributed by atoms with Gasteiger partial charge in [0.05, 0.1) is 4.92 Å². The number of anilines is 3. The van der Waals surface area contributed by atoms with E-state index in [0.29, 0.717) is 36.8 Å². The number of nitrogen functional groups attached to an aromatic ring is 1. The fourth-order valence-electron chi connectivity index (χ4n) is 3.19. The lowest BCUT2D eigenvalue weighted by molar-refractivity contribution is -0.383. The van der Waals surface area contributed by atoms with Gasteiger partial charge in [-0.25, -0.2) is 0 Å². The smallest absolute Gasteiger partial charge is 0.353 e. The summed E-state index contributed by atoms with van der Waals surface area (Å²) in [6.07, 6.45) is 1.89. The van der Waals surface area contributed by atoms with Gasteiger partial charge in [0, 0.05) is 33.4 Å². The van der Waals surface area contributed by atoms with E-state index in [2.05, 4.69) is 29.1 Å². The van der Waals surface area contributed by atoms with Crippen LogP contribution in [0, 0.1) is 22.0 Å². The van der Waals surface area contributed by atoms with Crippen molar-refractivity contribution in [1.82, 2.24) is 9.97 Å². The quantitative estimate of drug-likeness (QED) is 0.439. The second-order valence-electron chi connectivity index (χ2n) is 6.49. The number of nitro groups is 1. The fourth-order valence-corrected chi connectivity index (χ4v) is 3.19. The number of nitrogens with two attached hydrogens (primary N) is 1. The van der Waals surface area contributed by atoms with Crippen LogP contribution in [0.15, 0.2) is 0 Å². The van der Waals surface area contributed by atoms with Gasteiger partial charge in [-0.15, -0.1) is 0 Å². The third-order valence-electron chi connectivity index (χ3n) is 4.05. The Kier molecular flexibility index (Phi) is 6.13. The average Bonchev–Trinajstić information content (AvgIpc) is 2.49. The topological polar surface area (TPSA) is 119 Å². The van der Waals surface area contributed by atoms with Crippen LogP contribution in [0.25, 0.3) is 0 Å². The molecule has 24 heavy (non-hydrogen) atoms. The zero-order chi connectivity index (χ0) is 17.7. The van der Waals surface area contributed by atoms with Gasteiger partial charge in [-0.3, -0.25) is 10.1 Å². The number of hydrogen-bond acceptors (Lipinski definition) is 8. The summed E-state index contributed by atoms with van der Waals surface area (Å²) in [5.41, 5.74) is 5.64. The summed E-state index contributed by atoms with van der Waals surface area (Å²) >= 11 is 0. The number of piperidine rings is 1. The Morgan fingerprint density at radius 3 is 2.62 bits per heavy atom. The number of aromatic nitrogens is 2. The van der Waals surface area contributed by atoms with Gasteiger partial charge in [0.15, 0.2) is 0 Å². The highest BCUT2D eigenvalue weighted by Gasteiger charge is 2.31. The maximum atomic E-state index is 11.4. The molecule has 1 aromatic heterocycles. The van der Waals surface area contributed by atoms with E-state index in [9.17, 15) is 10.1 Å². The first-order chi connectivity index (χ1) is 11.4. The lowest BCUT2D eigenvalue weighted by atomic mass is 9.92. The third-order valence-corrected chi connectivity index (χ3v) is 4.05. The number of rotatable bonds is 7. The monoisotopic (exact) mass is 338 g/mol. The Labute approximate surface area is 141 Å². The maximum Gasteiger partial charge on any atom is 0.353 e. The minimum absolute atomic E-state index is 0.106. The standard InChI is InChI=1S/C15H26N6O3/c1-10-7-11(2)9-20(8-10)14-12(21(22)23)13(16)18-15(19-14)17-5-4-6-24-3/h10-11H,4-9H2,1-3H3,(H3,16,17,18,19)/t10-,11-/m0/s1. The highest BCUT2D eigenvalue weighted by molar-refractivity contribution is 5.71. The van der Waals surface area contributed by atoms with Crippen molar-refractivity contribution in [2.45, 2.75) is 26.7 Å². The van der Waals surface area contributed by atoms with Crippen LogP contribution in [-0.4, -0.2) is 48.2 Å². The van der Waals surface area contributed by atoms with Gasteiger partial charge in [0.25, 0.3) is 0 Å². The minimum Gasteiger partial charge on any atom is -0.385 e. The molecule has 9 heteroatoms. The van der Waals surface area contributed by atoms with E-state index in [-0.39, 0.29) is 11.5 Å². The van der Waals surface area contributed by atoms with Crippen molar-refractivity contribution in [3.8, 4) is 0 Å². The van der Waals surface area contributed by atoms with Gasteiger partial charge in [-0.05, 0) is 24.7 Å². The van der Waals surface area contributed by atoms with E-state index < -0.39 is 4.92 Å². The Morgan fingerprint density at radius 1 is 1.38 bits per heavy atom. The molecule has 1 aromatic rings. The average molecular weight is 338 g/mol. The predicted molar refractivity (Wildman–Crippen MR) is 93.2 cm³/mol. The van der Waals surface area contributed by atoms with Crippen molar-refractivity contribution >= 4 is 23.3 Å². The molecule has 2 heterocycles. The number of hydrogen-bond donors (Lipinski definition) is 2. The molecule has 9 nitrogen and oxygen atoms in total. The third kappa shape index (κ3) is 4.44. The molecule has 1 fully saturated rings. The maximum absolute atomic E-state index is 11.4. The molecule has 3 N–H and O–H groups in total. The second kappa shape index (κ2) is 8.09. The summed E-state index contributed by atoms with van der Waals surface area (Å²) < 4.78 is 4.99. The van der Waals surface area contributed by atoms with E-state index >= 15 is 0 Å². The normalized spacial score (nSPS) is 20.9. The van der Waals surface area contributed by atoms with Crippen LogP contribution in [0.2, 0.25) is 0 Å². The number of ether oxygens (including phenoxy) is 1. The number of methoxy groups -OCH3 is 1. The molecule has 2 atom stereocenters. The SMILES string of the molecule is COCCCNc1nc(N)c([N+](=O)[O-])c(N2C[C@@H](C)C[C@H](C)C2)n1. The molecular weight excluding hydrogens is 312 g/mol. The van der Waals surface area contributed by atoms with E-state index in [0.717, 1.165) is 25.9 Å². The number of nitrogens with zero attached hydrogens (tertiary/aromatic N) is 4. The molecule has 1 saturated heterocycles. The van der Waals surface area contributed by atoms with Crippen LogP contribution in [-0.2, 0) is 4.74 Å². The second-order valence-corrected chi connectivity index (χ2v) is 6.49. The molecule has 1 aliphatic rings. The Bertz CT molecular complexity index is 573. The lowest BCUT2D eigenvalue weighted by Gasteiger charge is -2.35. The van der Waals surface area contributed by atoms with E-state index in [1.807, 2.05) is 4.90 Å². The number of nitrogens with one attached hydrogen (secondary N) is 1. The largest absolute Gasteiger partial charge is 0.385 e. The van der Waals surface area contributed by atoms with E-state index in [1.165, 1.54) is 0 Å². The van der Waals surface area contributed by atoms with Gasteiger partial charge < -0.3 is 20.7 Å². The predicted octanol–water partition coefficient (Wildman–Crippen LogP) is 1.90. The summed E-state index contributed by atoms with van der Waals surface area (Å²) in [5.74, 6) is 1.41. The Balaban J connectivity index is 2.28. The van der Waals surface area contributed by atoms with Crippen LogP contribution in [0.4, 0.5) is 23.3 Å². The van der Waals surface area contributed by atoms with Crippen LogP contribution in [0.1, 0.15) is 26.7 Å². The first-order valence-electron chi connectivity index (χ1n) is 8.22. The van der Waals surface area contributed by atoms with Crippen molar-refractivity contribution in [1.29, 1.82) is 0 Å². The summed E-state index contributed by atoms with van der Waals surface area (Å²) in [7, 11) is 1.64. The lowest BCUT2D eigenvalue weighted by Crippen LogP contribution is -2.39. The highest BCUT2D eigenvalue weighted by Crippen LogP contribution is 2.35. The zero-order valence-corrected chi connectivity index (χ0v) is 14.5. The van der Waals surface area contributed by atoms with Crippen LogP contribution >= 0.6 is 0 Å². The van der Waals surface area contributed by atoms with Crippen molar-refractivity contribution < 1.29 is 9.66 Å². The summed E-state index contributed by atoms with van der Waals surface area (Å²) in [6, 6.07) is 0. The molecule has 0 aliphatic carbocycles. The van der Waals surface area contributed by atoms with E-state index in [1.54, 1.807) is 7.11 Å². The molecule has 0 radical (unpaired) electrons. The molecular formula is C15H26N6O3.